The van der Waals surface area contributed by atoms with Gasteiger partial charge in [0.2, 0.25) is 11.8 Å². The molecule has 2 heterocycles. The second kappa shape index (κ2) is 9.13. The Labute approximate surface area is 161 Å². The van der Waals surface area contributed by atoms with Crippen molar-refractivity contribution < 1.29 is 9.59 Å². The van der Waals surface area contributed by atoms with E-state index >= 15 is 0 Å². The van der Waals surface area contributed by atoms with Gasteiger partial charge in [-0.15, -0.1) is 0 Å². The van der Waals surface area contributed by atoms with Gasteiger partial charge in [-0.3, -0.25) is 14.5 Å². The lowest BCUT2D eigenvalue weighted by Crippen LogP contribution is -2.45. The molecule has 1 aromatic rings. The quantitative estimate of drug-likeness (QED) is 0.836. The fourth-order valence-electron chi connectivity index (χ4n) is 3.70. The van der Waals surface area contributed by atoms with Gasteiger partial charge in [0.1, 0.15) is 6.54 Å². The SMILES string of the molecule is Cc1ccc(C2=NN(CC(=O)NCCN3CCCCC3C)C(=O)CC2)cc1. The summed E-state index contributed by atoms with van der Waals surface area (Å²) in [5.74, 6) is -0.243. The Balaban J connectivity index is 1.51. The second-order valence-corrected chi connectivity index (χ2v) is 7.59. The molecule has 0 saturated carbocycles. The molecule has 0 aliphatic carbocycles. The minimum absolute atomic E-state index is 0.0102. The second-order valence-electron chi connectivity index (χ2n) is 7.59. The first-order valence-corrected chi connectivity index (χ1v) is 9.98. The molecular formula is C21H30N4O2. The topological polar surface area (TPSA) is 65.0 Å². The minimum atomic E-state index is -0.151. The molecule has 1 saturated heterocycles. The Morgan fingerprint density at radius 3 is 2.74 bits per heavy atom. The number of rotatable bonds is 6. The highest BCUT2D eigenvalue weighted by Crippen LogP contribution is 2.16. The van der Waals surface area contributed by atoms with E-state index in [1.54, 1.807) is 0 Å². The first-order chi connectivity index (χ1) is 13.0. The molecule has 2 aliphatic rings. The number of piperidine rings is 1. The number of benzene rings is 1. The van der Waals surface area contributed by atoms with Crippen LogP contribution in [-0.4, -0.2) is 59.7 Å². The summed E-state index contributed by atoms with van der Waals surface area (Å²) in [6.07, 6.45) is 4.77. The summed E-state index contributed by atoms with van der Waals surface area (Å²) in [5, 5.41) is 8.70. The van der Waals surface area contributed by atoms with Crippen molar-refractivity contribution in [3.63, 3.8) is 0 Å². The Hall–Kier alpha value is -2.21. The Kier molecular flexibility index (Phi) is 6.61. The highest BCUT2D eigenvalue weighted by molar-refractivity contribution is 6.04. The van der Waals surface area contributed by atoms with Crippen LogP contribution in [0.2, 0.25) is 0 Å². The number of carbonyl (C=O) groups is 2. The average Bonchev–Trinajstić information content (AvgIpc) is 2.66. The summed E-state index contributed by atoms with van der Waals surface area (Å²) < 4.78 is 0. The van der Waals surface area contributed by atoms with E-state index in [0.29, 0.717) is 25.4 Å². The molecule has 27 heavy (non-hydrogen) atoms. The van der Waals surface area contributed by atoms with Crippen molar-refractivity contribution in [2.75, 3.05) is 26.2 Å². The number of aryl methyl sites for hydroxylation is 1. The number of nitrogens with zero attached hydrogens (tertiary/aromatic N) is 3. The first-order valence-electron chi connectivity index (χ1n) is 9.98. The fraction of sp³-hybridized carbons (Fsp3) is 0.571. The van der Waals surface area contributed by atoms with Crippen LogP contribution in [0.5, 0.6) is 0 Å². The van der Waals surface area contributed by atoms with Crippen LogP contribution < -0.4 is 5.32 Å². The van der Waals surface area contributed by atoms with E-state index < -0.39 is 0 Å². The molecule has 3 rings (SSSR count). The van der Waals surface area contributed by atoms with Crippen molar-refractivity contribution in [3.05, 3.63) is 35.4 Å². The lowest BCUT2D eigenvalue weighted by atomic mass is 10.0. The van der Waals surface area contributed by atoms with Crippen LogP contribution in [0.4, 0.5) is 0 Å². The smallest absolute Gasteiger partial charge is 0.243 e. The van der Waals surface area contributed by atoms with Gasteiger partial charge < -0.3 is 5.32 Å². The molecule has 1 aromatic carbocycles. The Morgan fingerprint density at radius 2 is 2.00 bits per heavy atom. The van der Waals surface area contributed by atoms with Gasteiger partial charge in [0.05, 0.1) is 5.71 Å². The van der Waals surface area contributed by atoms with E-state index in [1.807, 2.05) is 31.2 Å². The Bertz CT molecular complexity index is 699. The lowest BCUT2D eigenvalue weighted by Gasteiger charge is -2.33. The molecule has 0 spiro atoms. The maximum absolute atomic E-state index is 12.3. The van der Waals surface area contributed by atoms with E-state index in [1.165, 1.54) is 29.8 Å². The van der Waals surface area contributed by atoms with Gasteiger partial charge in [0, 0.05) is 32.0 Å². The zero-order chi connectivity index (χ0) is 19.2. The number of likely N-dealkylation sites (tertiary alicyclic amines) is 1. The number of hydrogen-bond donors (Lipinski definition) is 1. The molecule has 0 aromatic heterocycles. The van der Waals surface area contributed by atoms with Crippen molar-refractivity contribution in [2.45, 2.75) is 52.0 Å². The third-order valence-electron chi connectivity index (χ3n) is 5.44. The van der Waals surface area contributed by atoms with Gasteiger partial charge in [-0.1, -0.05) is 36.2 Å². The van der Waals surface area contributed by atoms with Crippen LogP contribution in [0.25, 0.3) is 0 Å². The maximum atomic E-state index is 12.3. The monoisotopic (exact) mass is 370 g/mol. The molecule has 1 N–H and O–H groups in total. The molecule has 1 fully saturated rings. The minimum Gasteiger partial charge on any atom is -0.353 e. The van der Waals surface area contributed by atoms with E-state index in [2.05, 4.69) is 22.2 Å². The van der Waals surface area contributed by atoms with Crippen molar-refractivity contribution in [1.82, 2.24) is 15.2 Å². The van der Waals surface area contributed by atoms with Crippen LogP contribution in [0.3, 0.4) is 0 Å². The summed E-state index contributed by atoms with van der Waals surface area (Å²) in [7, 11) is 0. The largest absolute Gasteiger partial charge is 0.353 e. The molecular weight excluding hydrogens is 340 g/mol. The number of hydrazone groups is 1. The number of hydrogen-bond acceptors (Lipinski definition) is 4. The van der Waals surface area contributed by atoms with Gasteiger partial charge in [-0.2, -0.15) is 5.10 Å². The zero-order valence-corrected chi connectivity index (χ0v) is 16.4. The molecule has 0 radical (unpaired) electrons. The summed E-state index contributed by atoms with van der Waals surface area (Å²) in [4.78, 5) is 26.9. The van der Waals surface area contributed by atoms with E-state index in [0.717, 1.165) is 24.4 Å². The van der Waals surface area contributed by atoms with E-state index in [4.69, 9.17) is 0 Å². The van der Waals surface area contributed by atoms with Crippen molar-refractivity contribution in [3.8, 4) is 0 Å². The van der Waals surface area contributed by atoms with Crippen LogP contribution in [0.1, 0.15) is 50.2 Å². The van der Waals surface area contributed by atoms with Crippen LogP contribution in [0, 0.1) is 6.92 Å². The van der Waals surface area contributed by atoms with Crippen molar-refractivity contribution in [2.24, 2.45) is 5.10 Å². The number of nitrogens with one attached hydrogen (secondary N) is 1. The molecule has 1 atom stereocenters. The Morgan fingerprint density at radius 1 is 1.22 bits per heavy atom. The van der Waals surface area contributed by atoms with Gasteiger partial charge in [0.25, 0.3) is 0 Å². The molecule has 1 unspecified atom stereocenters. The predicted molar refractivity (Wildman–Crippen MR) is 107 cm³/mol. The van der Waals surface area contributed by atoms with Gasteiger partial charge in [-0.05, 0) is 38.8 Å². The van der Waals surface area contributed by atoms with E-state index in [-0.39, 0.29) is 18.4 Å². The molecule has 146 valence electrons. The van der Waals surface area contributed by atoms with Crippen molar-refractivity contribution in [1.29, 1.82) is 0 Å². The number of amides is 2. The summed E-state index contributed by atoms with van der Waals surface area (Å²) in [6.45, 7) is 6.85. The van der Waals surface area contributed by atoms with Gasteiger partial charge in [0.15, 0.2) is 0 Å². The van der Waals surface area contributed by atoms with Crippen LogP contribution in [-0.2, 0) is 9.59 Å². The lowest BCUT2D eigenvalue weighted by molar-refractivity contribution is -0.136. The average molecular weight is 370 g/mol. The summed E-state index contributed by atoms with van der Waals surface area (Å²) >= 11 is 0. The molecule has 6 nitrogen and oxygen atoms in total. The molecule has 2 aliphatic heterocycles. The summed E-state index contributed by atoms with van der Waals surface area (Å²) in [6, 6.07) is 8.69. The van der Waals surface area contributed by atoms with Gasteiger partial charge >= 0.3 is 0 Å². The molecule has 0 bridgehead atoms. The highest BCUT2D eigenvalue weighted by atomic mass is 16.2. The number of carbonyl (C=O) groups excluding carboxylic acids is 2. The fourth-order valence-corrected chi connectivity index (χ4v) is 3.70. The maximum Gasteiger partial charge on any atom is 0.243 e. The third kappa shape index (κ3) is 5.39. The van der Waals surface area contributed by atoms with E-state index in [9.17, 15) is 9.59 Å². The van der Waals surface area contributed by atoms with Gasteiger partial charge in [-0.25, -0.2) is 5.01 Å². The van der Waals surface area contributed by atoms with Crippen molar-refractivity contribution >= 4 is 17.5 Å². The molecule has 2 amide bonds. The zero-order valence-electron chi connectivity index (χ0n) is 16.4. The molecule has 6 heteroatoms. The standard InChI is InChI=1S/C21H30N4O2/c1-16-6-8-18(9-7-16)19-10-11-21(27)25(23-19)15-20(26)22-12-14-24-13-4-3-5-17(24)2/h6-9,17H,3-5,10-15H2,1-2H3,(H,22,26). The van der Waals surface area contributed by atoms with Crippen LogP contribution >= 0.6 is 0 Å². The third-order valence-corrected chi connectivity index (χ3v) is 5.44. The van der Waals surface area contributed by atoms with Crippen LogP contribution in [0.15, 0.2) is 29.4 Å². The normalized spacial score (nSPS) is 21.1. The first kappa shape index (κ1) is 19.5. The predicted octanol–water partition coefficient (Wildman–Crippen LogP) is 2.31. The highest BCUT2D eigenvalue weighted by Gasteiger charge is 2.23. The summed E-state index contributed by atoms with van der Waals surface area (Å²) in [5.41, 5.74) is 3.06.